The Hall–Kier alpha value is -3.76. The lowest BCUT2D eigenvalue weighted by molar-refractivity contribution is -0.116. The lowest BCUT2D eigenvalue weighted by Gasteiger charge is -2.11. The number of thiazole rings is 1. The summed E-state index contributed by atoms with van der Waals surface area (Å²) in [7, 11) is 1.50. The van der Waals surface area contributed by atoms with Crippen LogP contribution in [0.4, 0.5) is 5.13 Å². The molecule has 2 aromatic carbocycles. The van der Waals surface area contributed by atoms with Gasteiger partial charge in [0, 0.05) is 18.5 Å². The molecule has 9 nitrogen and oxygen atoms in total. The molecular formula is C26H30N4O5S. The molecule has 0 spiro atoms. The number of anilines is 1. The van der Waals surface area contributed by atoms with E-state index in [1.807, 2.05) is 13.0 Å². The topological polar surface area (TPSA) is 130 Å². The second-order valence-corrected chi connectivity index (χ2v) is 9.17. The molecule has 0 saturated heterocycles. The molecule has 0 aliphatic heterocycles. The zero-order chi connectivity index (χ0) is 26.1. The number of hydrogen-bond donors (Lipinski definition) is 4. The minimum absolute atomic E-state index is 0.0522. The summed E-state index contributed by atoms with van der Waals surface area (Å²) < 4.78 is 5.40. The molecule has 0 aliphatic carbocycles. The van der Waals surface area contributed by atoms with Gasteiger partial charge in [-0.3, -0.25) is 19.6 Å². The van der Waals surface area contributed by atoms with Crippen molar-refractivity contribution in [2.75, 3.05) is 12.4 Å². The normalized spacial score (nSPS) is 10.6. The first-order valence-corrected chi connectivity index (χ1v) is 12.4. The highest BCUT2D eigenvalue weighted by Crippen LogP contribution is 2.35. The second kappa shape index (κ2) is 12.8. The predicted molar refractivity (Wildman–Crippen MR) is 138 cm³/mol. The van der Waals surface area contributed by atoms with Crippen LogP contribution in [-0.4, -0.2) is 35.0 Å². The third-order valence-corrected chi connectivity index (χ3v) is 6.65. The number of methoxy groups -OCH3 is 1. The van der Waals surface area contributed by atoms with Crippen LogP contribution in [0.3, 0.4) is 0 Å². The zero-order valence-electron chi connectivity index (χ0n) is 20.5. The quantitative estimate of drug-likeness (QED) is 0.168. The number of aryl methyl sites for hydroxylation is 1. The molecule has 1 heterocycles. The maximum atomic E-state index is 13.0. The number of ether oxygens (including phenoxy) is 1. The van der Waals surface area contributed by atoms with Gasteiger partial charge >= 0.3 is 0 Å². The summed E-state index contributed by atoms with van der Waals surface area (Å²) in [4.78, 5) is 42.0. The number of nitrogens with zero attached hydrogens (tertiary/aromatic N) is 1. The molecule has 1 aromatic heterocycles. The number of amides is 3. The summed E-state index contributed by atoms with van der Waals surface area (Å²) >= 11 is 1.36. The molecule has 0 saturated carbocycles. The Balaban J connectivity index is 1.73. The number of hydroxylamine groups is 1. The average Bonchev–Trinajstić information content (AvgIpc) is 3.26. The summed E-state index contributed by atoms with van der Waals surface area (Å²) in [6, 6.07) is 11.8. The first-order chi connectivity index (χ1) is 17.4. The fourth-order valence-corrected chi connectivity index (χ4v) is 4.56. The summed E-state index contributed by atoms with van der Waals surface area (Å²) in [6.07, 6.45) is 3.37. The van der Waals surface area contributed by atoms with E-state index in [0.29, 0.717) is 28.4 Å². The Morgan fingerprint density at radius 1 is 1.06 bits per heavy atom. The van der Waals surface area contributed by atoms with Crippen molar-refractivity contribution in [3.05, 3.63) is 64.8 Å². The van der Waals surface area contributed by atoms with Gasteiger partial charge < -0.3 is 15.4 Å². The van der Waals surface area contributed by atoms with Crippen molar-refractivity contribution < 1.29 is 24.3 Å². The van der Waals surface area contributed by atoms with Gasteiger partial charge in [-0.1, -0.05) is 43.2 Å². The Morgan fingerprint density at radius 2 is 1.81 bits per heavy atom. The van der Waals surface area contributed by atoms with E-state index < -0.39 is 5.91 Å². The Morgan fingerprint density at radius 3 is 2.47 bits per heavy atom. The summed E-state index contributed by atoms with van der Waals surface area (Å²) in [5.41, 5.74) is 4.58. The molecule has 3 aromatic rings. The highest BCUT2D eigenvalue weighted by molar-refractivity contribution is 7.19. The van der Waals surface area contributed by atoms with Gasteiger partial charge in [0.2, 0.25) is 5.91 Å². The number of nitrogens with one attached hydrogen (secondary N) is 3. The van der Waals surface area contributed by atoms with Crippen molar-refractivity contribution in [1.29, 1.82) is 0 Å². The Labute approximate surface area is 213 Å². The van der Waals surface area contributed by atoms with Gasteiger partial charge in [0.05, 0.1) is 23.2 Å². The predicted octanol–water partition coefficient (Wildman–Crippen LogP) is 4.69. The van der Waals surface area contributed by atoms with Crippen molar-refractivity contribution >= 4 is 34.2 Å². The van der Waals surface area contributed by atoms with Crippen LogP contribution >= 0.6 is 11.3 Å². The lowest BCUT2D eigenvalue weighted by atomic mass is 10.1. The maximum absolute atomic E-state index is 13.0. The van der Waals surface area contributed by atoms with Gasteiger partial charge in [0.1, 0.15) is 5.75 Å². The smallest absolute Gasteiger partial charge is 0.274 e. The largest absolute Gasteiger partial charge is 0.496 e. The van der Waals surface area contributed by atoms with Gasteiger partial charge in [-0.25, -0.2) is 10.5 Å². The van der Waals surface area contributed by atoms with E-state index in [1.54, 1.807) is 41.9 Å². The van der Waals surface area contributed by atoms with Crippen molar-refractivity contribution in [3.63, 3.8) is 0 Å². The minimum atomic E-state index is -0.607. The molecular weight excluding hydrogens is 480 g/mol. The molecule has 3 rings (SSSR count). The summed E-state index contributed by atoms with van der Waals surface area (Å²) in [5.74, 6) is -0.552. The SMILES string of the molecule is CCCCCC(=O)Nc1nc(C)c(-c2ccc(OC)c(C(=O)NCc3ccc(C(=O)NO)cc3)c2)s1. The molecule has 0 bridgehead atoms. The number of carbonyl (C=O) groups is 3. The second-order valence-electron chi connectivity index (χ2n) is 8.17. The van der Waals surface area contributed by atoms with Crippen LogP contribution in [0, 0.1) is 6.92 Å². The van der Waals surface area contributed by atoms with Crippen molar-refractivity contribution in [3.8, 4) is 16.2 Å². The molecule has 0 radical (unpaired) electrons. The highest BCUT2D eigenvalue weighted by atomic mass is 32.1. The monoisotopic (exact) mass is 510 g/mol. The first kappa shape index (κ1) is 26.8. The van der Waals surface area contributed by atoms with E-state index in [2.05, 4.69) is 22.5 Å². The number of rotatable bonds is 11. The molecule has 10 heteroatoms. The minimum Gasteiger partial charge on any atom is -0.496 e. The van der Waals surface area contributed by atoms with Gasteiger partial charge in [0.25, 0.3) is 11.8 Å². The van der Waals surface area contributed by atoms with Crippen LogP contribution in [-0.2, 0) is 11.3 Å². The summed E-state index contributed by atoms with van der Waals surface area (Å²) in [6.45, 7) is 4.19. The van der Waals surface area contributed by atoms with Gasteiger partial charge in [-0.05, 0) is 54.8 Å². The van der Waals surface area contributed by atoms with E-state index in [1.165, 1.54) is 18.4 Å². The standard InChI is InChI=1S/C26H30N4O5S/c1-4-5-6-7-22(31)29-26-28-16(2)23(36-26)19-12-13-21(35-3)20(14-19)25(33)27-15-17-8-10-18(11-9-17)24(32)30-34/h8-14,34H,4-7,15H2,1-3H3,(H,27,33)(H,30,32)(H,28,29,31). The van der Waals surface area contributed by atoms with Crippen molar-refractivity contribution in [2.45, 2.75) is 46.1 Å². The summed E-state index contributed by atoms with van der Waals surface area (Å²) in [5, 5.41) is 15.0. The lowest BCUT2D eigenvalue weighted by Crippen LogP contribution is -2.23. The molecule has 0 aliphatic rings. The highest BCUT2D eigenvalue weighted by Gasteiger charge is 2.17. The zero-order valence-corrected chi connectivity index (χ0v) is 21.3. The number of aromatic nitrogens is 1. The van der Waals surface area contributed by atoms with Crippen LogP contribution in [0.25, 0.3) is 10.4 Å². The number of carbonyl (C=O) groups excluding carboxylic acids is 3. The average molecular weight is 511 g/mol. The molecule has 3 amide bonds. The molecule has 0 unspecified atom stereocenters. The molecule has 4 N–H and O–H groups in total. The Kier molecular flexibility index (Phi) is 9.54. The fourth-order valence-electron chi connectivity index (χ4n) is 3.58. The molecule has 0 atom stereocenters. The van der Waals surface area contributed by atoms with Crippen LogP contribution in [0.1, 0.15) is 64.6 Å². The van der Waals surface area contributed by atoms with E-state index in [9.17, 15) is 14.4 Å². The number of unbranched alkanes of at least 4 members (excludes halogenated alkanes) is 2. The third-order valence-electron chi connectivity index (χ3n) is 5.53. The maximum Gasteiger partial charge on any atom is 0.274 e. The molecule has 0 fully saturated rings. The van der Waals surface area contributed by atoms with E-state index in [0.717, 1.165) is 41.0 Å². The third kappa shape index (κ3) is 6.89. The van der Waals surface area contributed by atoms with Crippen LogP contribution in [0.5, 0.6) is 5.75 Å². The van der Waals surface area contributed by atoms with Gasteiger partial charge in [-0.15, -0.1) is 0 Å². The van der Waals surface area contributed by atoms with E-state index >= 15 is 0 Å². The van der Waals surface area contributed by atoms with Gasteiger partial charge in [-0.2, -0.15) is 0 Å². The van der Waals surface area contributed by atoms with E-state index in [-0.39, 0.29) is 18.4 Å². The fraction of sp³-hybridized carbons (Fsp3) is 0.308. The van der Waals surface area contributed by atoms with Crippen molar-refractivity contribution in [2.24, 2.45) is 0 Å². The number of hydrogen-bond acceptors (Lipinski definition) is 7. The molecule has 36 heavy (non-hydrogen) atoms. The Bertz CT molecular complexity index is 1220. The van der Waals surface area contributed by atoms with Crippen LogP contribution < -0.4 is 20.9 Å². The van der Waals surface area contributed by atoms with Gasteiger partial charge in [0.15, 0.2) is 5.13 Å². The molecule has 190 valence electrons. The van der Waals surface area contributed by atoms with Crippen LogP contribution in [0.15, 0.2) is 42.5 Å². The van der Waals surface area contributed by atoms with Crippen molar-refractivity contribution in [1.82, 2.24) is 15.8 Å². The first-order valence-electron chi connectivity index (χ1n) is 11.6. The van der Waals surface area contributed by atoms with Crippen LogP contribution in [0.2, 0.25) is 0 Å². The number of benzene rings is 2. The van der Waals surface area contributed by atoms with E-state index in [4.69, 9.17) is 9.94 Å².